The highest BCUT2D eigenvalue weighted by molar-refractivity contribution is 5.79. The Bertz CT molecular complexity index is 648. The van der Waals surface area contributed by atoms with Crippen LogP contribution in [0.1, 0.15) is 32.1 Å². The van der Waals surface area contributed by atoms with Crippen molar-refractivity contribution in [3.8, 4) is 5.75 Å². The van der Waals surface area contributed by atoms with E-state index in [9.17, 15) is 0 Å². The average Bonchev–Trinajstić information content (AvgIpc) is 3.03. The highest BCUT2D eigenvalue weighted by Gasteiger charge is 2.57. The molecule has 1 spiro atoms. The largest absolute Gasteiger partial charge is 0.488 e. The summed E-state index contributed by atoms with van der Waals surface area (Å²) in [6, 6.07) is 10.9. The predicted molar refractivity (Wildman–Crippen MR) is 84.5 cm³/mol. The van der Waals surface area contributed by atoms with Crippen molar-refractivity contribution in [2.45, 2.75) is 44.2 Å². The molecule has 2 aliphatic carbocycles. The summed E-state index contributed by atoms with van der Waals surface area (Å²) in [4.78, 5) is 4.51. The number of aromatic nitrogens is 1. The van der Waals surface area contributed by atoms with E-state index in [0.717, 1.165) is 23.1 Å². The number of hydrogen-bond donors (Lipinski definition) is 1. The lowest BCUT2D eigenvalue weighted by Crippen LogP contribution is -2.63. The van der Waals surface area contributed by atoms with Gasteiger partial charge in [-0.15, -0.1) is 0 Å². The second-order valence-electron chi connectivity index (χ2n) is 6.49. The normalized spacial score (nSPS) is 26.9. The number of nitrogens with zero attached hydrogens (tertiary/aromatic N) is 1. The monoisotopic (exact) mass is 282 g/mol. The lowest BCUT2D eigenvalue weighted by atomic mass is 9.60. The van der Waals surface area contributed by atoms with Gasteiger partial charge < -0.3 is 10.1 Å². The first-order valence-corrected chi connectivity index (χ1v) is 8.00. The zero-order valence-corrected chi connectivity index (χ0v) is 12.5. The number of pyridine rings is 1. The third-order valence-electron chi connectivity index (χ3n) is 5.51. The first-order chi connectivity index (χ1) is 10.3. The van der Waals surface area contributed by atoms with Gasteiger partial charge in [-0.2, -0.15) is 0 Å². The summed E-state index contributed by atoms with van der Waals surface area (Å²) in [5, 5.41) is 4.64. The molecule has 0 saturated heterocycles. The molecule has 4 rings (SSSR count). The van der Waals surface area contributed by atoms with Gasteiger partial charge in [0.05, 0.1) is 11.7 Å². The molecule has 21 heavy (non-hydrogen) atoms. The topological polar surface area (TPSA) is 34.1 Å². The number of rotatable bonds is 3. The first-order valence-electron chi connectivity index (χ1n) is 8.00. The zero-order valence-electron chi connectivity index (χ0n) is 12.5. The van der Waals surface area contributed by atoms with E-state index in [2.05, 4.69) is 29.5 Å². The van der Waals surface area contributed by atoms with Gasteiger partial charge in [0, 0.05) is 23.3 Å². The van der Waals surface area contributed by atoms with Crippen LogP contribution in [0.3, 0.4) is 0 Å². The molecule has 110 valence electrons. The highest BCUT2D eigenvalue weighted by Crippen LogP contribution is 2.54. The molecule has 2 aromatic rings. The lowest BCUT2D eigenvalue weighted by molar-refractivity contribution is -0.0737. The van der Waals surface area contributed by atoms with Gasteiger partial charge in [-0.05, 0) is 32.0 Å². The molecule has 1 aromatic heterocycles. The Balaban J connectivity index is 1.57. The van der Waals surface area contributed by atoms with Gasteiger partial charge in [0.15, 0.2) is 0 Å². The quantitative estimate of drug-likeness (QED) is 0.935. The van der Waals surface area contributed by atoms with Crippen LogP contribution in [0.2, 0.25) is 0 Å². The Morgan fingerprint density at radius 2 is 2.05 bits per heavy atom. The highest BCUT2D eigenvalue weighted by atomic mass is 16.5. The van der Waals surface area contributed by atoms with E-state index < -0.39 is 0 Å². The van der Waals surface area contributed by atoms with E-state index in [4.69, 9.17) is 4.74 Å². The Morgan fingerprint density at radius 1 is 1.24 bits per heavy atom. The second kappa shape index (κ2) is 4.99. The molecule has 2 fully saturated rings. The fraction of sp³-hybridized carbons (Fsp3) is 0.500. The van der Waals surface area contributed by atoms with E-state index >= 15 is 0 Å². The van der Waals surface area contributed by atoms with Gasteiger partial charge in [0.25, 0.3) is 0 Å². The number of nitrogens with one attached hydrogen (secondary N) is 1. The molecule has 2 saturated carbocycles. The van der Waals surface area contributed by atoms with Crippen LogP contribution in [-0.2, 0) is 0 Å². The summed E-state index contributed by atoms with van der Waals surface area (Å²) in [6.07, 6.45) is 8.61. The molecule has 1 heterocycles. The summed E-state index contributed by atoms with van der Waals surface area (Å²) < 4.78 is 6.33. The van der Waals surface area contributed by atoms with Crippen LogP contribution < -0.4 is 10.1 Å². The summed E-state index contributed by atoms with van der Waals surface area (Å²) >= 11 is 0. The zero-order chi connectivity index (χ0) is 14.3. The van der Waals surface area contributed by atoms with Crippen LogP contribution in [-0.4, -0.2) is 24.2 Å². The Kier molecular flexibility index (Phi) is 3.11. The van der Waals surface area contributed by atoms with Crippen LogP contribution >= 0.6 is 0 Å². The number of hydrogen-bond acceptors (Lipinski definition) is 3. The Labute approximate surface area is 125 Å². The minimum atomic E-state index is 0.348. The fourth-order valence-electron chi connectivity index (χ4n) is 4.30. The van der Waals surface area contributed by atoms with E-state index in [-0.39, 0.29) is 0 Å². The van der Waals surface area contributed by atoms with E-state index in [1.807, 2.05) is 24.4 Å². The molecule has 3 nitrogen and oxygen atoms in total. The lowest BCUT2D eigenvalue weighted by Gasteiger charge is -2.53. The van der Waals surface area contributed by atoms with Crippen molar-refractivity contribution in [3.05, 3.63) is 36.5 Å². The molecule has 0 aliphatic heterocycles. The van der Waals surface area contributed by atoms with E-state index in [1.165, 1.54) is 25.7 Å². The minimum Gasteiger partial charge on any atom is -0.488 e. The van der Waals surface area contributed by atoms with E-state index in [1.54, 1.807) is 0 Å². The molecule has 1 N–H and O–H groups in total. The third-order valence-corrected chi connectivity index (χ3v) is 5.51. The van der Waals surface area contributed by atoms with Gasteiger partial charge in [0.1, 0.15) is 11.9 Å². The molecule has 0 amide bonds. The number of ether oxygens (including phenoxy) is 1. The summed E-state index contributed by atoms with van der Waals surface area (Å²) in [6.45, 7) is 0. The molecular formula is C18H22N2O. The SMILES string of the molecule is CNC1CC(Oc2cnc3ccccc3c2)C12CCCC2. The summed E-state index contributed by atoms with van der Waals surface area (Å²) in [5.41, 5.74) is 1.39. The Morgan fingerprint density at radius 3 is 2.86 bits per heavy atom. The first kappa shape index (κ1) is 13.1. The van der Waals surface area contributed by atoms with Crippen LogP contribution in [0.4, 0.5) is 0 Å². The maximum atomic E-state index is 6.33. The van der Waals surface area contributed by atoms with Crippen molar-refractivity contribution in [1.29, 1.82) is 0 Å². The number of fused-ring (bicyclic) bond motifs is 1. The van der Waals surface area contributed by atoms with Crippen LogP contribution in [0.5, 0.6) is 5.75 Å². The van der Waals surface area contributed by atoms with Gasteiger partial charge in [0.2, 0.25) is 0 Å². The standard InChI is InChI=1S/C18H22N2O/c1-19-16-11-17(18(16)8-4-5-9-18)21-14-10-13-6-2-3-7-15(13)20-12-14/h2-3,6-7,10,12,16-17,19H,4-5,8-9,11H2,1H3. The van der Waals surface area contributed by atoms with Crippen molar-refractivity contribution in [1.82, 2.24) is 10.3 Å². The molecule has 3 heteroatoms. The number of benzene rings is 1. The molecule has 2 unspecified atom stereocenters. The fourth-order valence-corrected chi connectivity index (χ4v) is 4.30. The molecule has 1 aromatic carbocycles. The van der Waals surface area contributed by atoms with Crippen molar-refractivity contribution in [3.63, 3.8) is 0 Å². The third kappa shape index (κ3) is 2.03. The van der Waals surface area contributed by atoms with Crippen molar-refractivity contribution in [2.75, 3.05) is 7.05 Å². The second-order valence-corrected chi connectivity index (χ2v) is 6.49. The molecular weight excluding hydrogens is 260 g/mol. The smallest absolute Gasteiger partial charge is 0.138 e. The van der Waals surface area contributed by atoms with Gasteiger partial charge in [-0.1, -0.05) is 31.0 Å². The van der Waals surface area contributed by atoms with Crippen molar-refractivity contribution >= 4 is 10.9 Å². The van der Waals surface area contributed by atoms with Gasteiger partial charge in [-0.3, -0.25) is 4.98 Å². The van der Waals surface area contributed by atoms with Crippen LogP contribution in [0, 0.1) is 5.41 Å². The van der Waals surface area contributed by atoms with Crippen LogP contribution in [0.15, 0.2) is 36.5 Å². The minimum absolute atomic E-state index is 0.348. The maximum Gasteiger partial charge on any atom is 0.138 e. The maximum absolute atomic E-state index is 6.33. The van der Waals surface area contributed by atoms with Gasteiger partial charge in [-0.25, -0.2) is 0 Å². The number of para-hydroxylation sites is 1. The van der Waals surface area contributed by atoms with Crippen molar-refractivity contribution in [2.24, 2.45) is 5.41 Å². The molecule has 2 aliphatic rings. The average molecular weight is 282 g/mol. The van der Waals surface area contributed by atoms with E-state index in [0.29, 0.717) is 17.6 Å². The summed E-state index contributed by atoms with van der Waals surface area (Å²) in [7, 11) is 2.08. The van der Waals surface area contributed by atoms with Crippen LogP contribution in [0.25, 0.3) is 10.9 Å². The predicted octanol–water partition coefficient (Wildman–Crippen LogP) is 3.53. The Hall–Kier alpha value is -1.61. The molecule has 0 radical (unpaired) electrons. The summed E-state index contributed by atoms with van der Waals surface area (Å²) in [5.74, 6) is 0.916. The van der Waals surface area contributed by atoms with Gasteiger partial charge >= 0.3 is 0 Å². The molecule has 0 bridgehead atoms. The van der Waals surface area contributed by atoms with Crippen molar-refractivity contribution < 1.29 is 4.74 Å². The molecule has 2 atom stereocenters.